The Hall–Kier alpha value is -1.46. The molecule has 0 spiro atoms. The van der Waals surface area contributed by atoms with Crippen molar-refractivity contribution in [3.8, 4) is 0 Å². The Morgan fingerprint density at radius 3 is 2.75 bits per heavy atom. The Morgan fingerprint density at radius 2 is 2.05 bits per heavy atom. The third-order valence-corrected chi connectivity index (χ3v) is 3.64. The van der Waals surface area contributed by atoms with Crippen LogP contribution in [0.25, 0.3) is 0 Å². The second-order valence-electron chi connectivity index (χ2n) is 5.19. The van der Waals surface area contributed by atoms with Crippen molar-refractivity contribution in [2.75, 3.05) is 0 Å². The number of rotatable bonds is 3. The maximum atomic E-state index is 13.1. The highest BCUT2D eigenvalue weighted by Gasteiger charge is 2.36. The first kappa shape index (κ1) is 14.9. The van der Waals surface area contributed by atoms with Crippen LogP contribution in [0.2, 0.25) is 0 Å². The summed E-state index contributed by atoms with van der Waals surface area (Å²) in [5.74, 6) is 0.807. The summed E-state index contributed by atoms with van der Waals surface area (Å²) in [5, 5.41) is 3.94. The molecule has 0 unspecified atom stereocenters. The number of hydrogen-bond acceptors (Lipinski definition) is 4. The van der Waals surface area contributed by atoms with E-state index in [1.54, 1.807) is 6.07 Å². The predicted octanol–water partition coefficient (Wildman–Crippen LogP) is 2.95. The normalized spacial score (nSPS) is 16.9. The highest BCUT2D eigenvalue weighted by Crippen LogP contribution is 2.35. The van der Waals surface area contributed by atoms with Gasteiger partial charge in [-0.1, -0.05) is 30.1 Å². The first-order chi connectivity index (χ1) is 9.16. The molecule has 1 aliphatic carbocycles. The summed E-state index contributed by atoms with van der Waals surface area (Å²) in [6.07, 6.45) is 4.41. The molecule has 3 rings (SSSR count). The van der Waals surface area contributed by atoms with Crippen LogP contribution in [-0.2, 0) is 12.0 Å². The predicted molar refractivity (Wildman–Crippen MR) is 75.1 cm³/mol. The van der Waals surface area contributed by atoms with E-state index in [0.717, 1.165) is 31.2 Å². The molecule has 108 valence electrons. The molecule has 0 radical (unpaired) electrons. The standard InChI is InChI=1S/C14H16FN3O.ClH/c15-11-5-3-4-10(8-11)9-12-17-13(19-18-12)14(16)6-1-2-7-14;/h3-5,8H,1-2,6-7,9,16H2;1H. The van der Waals surface area contributed by atoms with E-state index in [9.17, 15) is 4.39 Å². The summed E-state index contributed by atoms with van der Waals surface area (Å²) in [5.41, 5.74) is 6.61. The molecular weight excluding hydrogens is 281 g/mol. The van der Waals surface area contributed by atoms with E-state index >= 15 is 0 Å². The molecule has 1 fully saturated rings. The fourth-order valence-corrected chi connectivity index (χ4v) is 2.58. The lowest BCUT2D eigenvalue weighted by Crippen LogP contribution is -2.33. The van der Waals surface area contributed by atoms with Crippen LogP contribution in [0, 0.1) is 5.82 Å². The van der Waals surface area contributed by atoms with E-state index in [2.05, 4.69) is 10.1 Å². The Bertz CT molecular complexity index is 581. The van der Waals surface area contributed by atoms with Gasteiger partial charge in [0.1, 0.15) is 5.82 Å². The summed E-state index contributed by atoms with van der Waals surface area (Å²) in [6.45, 7) is 0. The molecular formula is C14H17ClFN3O. The van der Waals surface area contributed by atoms with Crippen molar-refractivity contribution >= 4 is 12.4 Å². The van der Waals surface area contributed by atoms with Crippen molar-refractivity contribution in [1.82, 2.24) is 10.1 Å². The molecule has 1 heterocycles. The summed E-state index contributed by atoms with van der Waals surface area (Å²) < 4.78 is 18.4. The van der Waals surface area contributed by atoms with Crippen LogP contribution in [0.4, 0.5) is 4.39 Å². The smallest absolute Gasteiger partial charge is 0.246 e. The highest BCUT2D eigenvalue weighted by molar-refractivity contribution is 5.85. The molecule has 1 aliphatic rings. The van der Waals surface area contributed by atoms with Gasteiger partial charge >= 0.3 is 0 Å². The van der Waals surface area contributed by atoms with Crippen LogP contribution in [0.5, 0.6) is 0 Å². The quantitative estimate of drug-likeness (QED) is 0.946. The van der Waals surface area contributed by atoms with Crippen LogP contribution in [0.3, 0.4) is 0 Å². The Kier molecular flexibility index (Phi) is 4.40. The van der Waals surface area contributed by atoms with E-state index in [0.29, 0.717) is 18.1 Å². The first-order valence-electron chi connectivity index (χ1n) is 6.52. The van der Waals surface area contributed by atoms with Crippen molar-refractivity contribution in [1.29, 1.82) is 0 Å². The summed E-state index contributed by atoms with van der Waals surface area (Å²) in [4.78, 5) is 4.36. The number of nitrogens with zero attached hydrogens (tertiary/aromatic N) is 2. The van der Waals surface area contributed by atoms with E-state index < -0.39 is 5.54 Å². The van der Waals surface area contributed by atoms with Crippen molar-refractivity contribution in [3.63, 3.8) is 0 Å². The van der Waals surface area contributed by atoms with Gasteiger partial charge in [0, 0.05) is 6.42 Å². The van der Waals surface area contributed by atoms with Gasteiger partial charge < -0.3 is 10.3 Å². The minimum Gasteiger partial charge on any atom is -0.337 e. The van der Waals surface area contributed by atoms with Gasteiger partial charge in [-0.05, 0) is 30.5 Å². The number of aromatic nitrogens is 2. The molecule has 0 amide bonds. The number of nitrogens with two attached hydrogens (primary N) is 1. The van der Waals surface area contributed by atoms with Crippen molar-refractivity contribution in [3.05, 3.63) is 47.4 Å². The molecule has 2 aromatic rings. The van der Waals surface area contributed by atoms with E-state index in [-0.39, 0.29) is 18.2 Å². The minimum atomic E-state index is -0.465. The Balaban J connectivity index is 0.00000147. The first-order valence-corrected chi connectivity index (χ1v) is 6.52. The minimum absolute atomic E-state index is 0. The molecule has 0 aliphatic heterocycles. The molecule has 0 saturated heterocycles. The van der Waals surface area contributed by atoms with Crippen LogP contribution in [-0.4, -0.2) is 10.1 Å². The Morgan fingerprint density at radius 1 is 1.30 bits per heavy atom. The zero-order valence-corrected chi connectivity index (χ0v) is 11.8. The number of benzene rings is 1. The average Bonchev–Trinajstić information content (AvgIpc) is 2.99. The van der Waals surface area contributed by atoms with Gasteiger partial charge in [-0.2, -0.15) is 4.98 Å². The van der Waals surface area contributed by atoms with Gasteiger partial charge in [-0.15, -0.1) is 12.4 Å². The lowest BCUT2D eigenvalue weighted by Gasteiger charge is -2.17. The maximum absolute atomic E-state index is 13.1. The van der Waals surface area contributed by atoms with Crippen molar-refractivity contribution in [2.45, 2.75) is 37.6 Å². The second kappa shape index (κ2) is 5.89. The highest BCUT2D eigenvalue weighted by atomic mass is 35.5. The molecule has 1 saturated carbocycles. The van der Waals surface area contributed by atoms with Gasteiger partial charge in [0.25, 0.3) is 0 Å². The maximum Gasteiger partial charge on any atom is 0.246 e. The third kappa shape index (κ3) is 2.99. The van der Waals surface area contributed by atoms with Crippen molar-refractivity contribution in [2.24, 2.45) is 5.73 Å². The van der Waals surface area contributed by atoms with Gasteiger partial charge in [0.2, 0.25) is 5.89 Å². The summed E-state index contributed by atoms with van der Waals surface area (Å²) >= 11 is 0. The molecule has 1 aromatic heterocycles. The monoisotopic (exact) mass is 297 g/mol. The zero-order valence-electron chi connectivity index (χ0n) is 11.0. The summed E-state index contributed by atoms with van der Waals surface area (Å²) in [7, 11) is 0. The topological polar surface area (TPSA) is 64.9 Å². The van der Waals surface area contributed by atoms with Gasteiger partial charge in [0.15, 0.2) is 5.82 Å². The van der Waals surface area contributed by atoms with Crippen LogP contribution in [0.1, 0.15) is 43.0 Å². The second-order valence-corrected chi connectivity index (χ2v) is 5.19. The SMILES string of the molecule is Cl.NC1(c2nc(Cc3cccc(F)c3)no2)CCCC1. The summed E-state index contributed by atoms with van der Waals surface area (Å²) in [6, 6.07) is 6.41. The molecule has 1 aromatic carbocycles. The molecule has 20 heavy (non-hydrogen) atoms. The zero-order chi connectivity index (χ0) is 13.3. The lowest BCUT2D eigenvalue weighted by molar-refractivity contribution is 0.284. The fraction of sp³-hybridized carbons (Fsp3) is 0.429. The molecule has 0 atom stereocenters. The van der Waals surface area contributed by atoms with E-state index in [4.69, 9.17) is 10.3 Å². The van der Waals surface area contributed by atoms with Gasteiger partial charge in [0.05, 0.1) is 5.54 Å². The fourth-order valence-electron chi connectivity index (χ4n) is 2.58. The molecule has 0 bridgehead atoms. The molecule has 4 nitrogen and oxygen atoms in total. The third-order valence-electron chi connectivity index (χ3n) is 3.64. The number of hydrogen-bond donors (Lipinski definition) is 1. The molecule has 2 N–H and O–H groups in total. The van der Waals surface area contributed by atoms with Crippen LogP contribution >= 0.6 is 12.4 Å². The van der Waals surface area contributed by atoms with Crippen LogP contribution < -0.4 is 5.73 Å². The van der Waals surface area contributed by atoms with Crippen molar-refractivity contribution < 1.29 is 8.91 Å². The van der Waals surface area contributed by atoms with E-state index in [1.165, 1.54) is 12.1 Å². The van der Waals surface area contributed by atoms with Crippen LogP contribution in [0.15, 0.2) is 28.8 Å². The Labute approximate surface area is 123 Å². The van der Waals surface area contributed by atoms with Gasteiger partial charge in [-0.25, -0.2) is 4.39 Å². The average molecular weight is 298 g/mol. The lowest BCUT2D eigenvalue weighted by atomic mass is 9.99. The van der Waals surface area contributed by atoms with Gasteiger partial charge in [-0.3, -0.25) is 0 Å². The number of halogens is 2. The molecule has 6 heteroatoms. The van der Waals surface area contributed by atoms with E-state index in [1.807, 2.05) is 6.07 Å². The largest absolute Gasteiger partial charge is 0.337 e.